The number of carbonyl (C=O) groups excluding carboxylic acids is 1. The zero-order chi connectivity index (χ0) is 26.4. The Labute approximate surface area is 220 Å². The fraction of sp³-hybridized carbons (Fsp3) is 0.360. The minimum atomic E-state index is -4.52. The molecule has 3 aromatic rings. The summed E-state index contributed by atoms with van der Waals surface area (Å²) >= 11 is 6.51. The number of carbonyl (C=O) groups is 1. The summed E-state index contributed by atoms with van der Waals surface area (Å²) in [5.74, 6) is 0.564. The molecule has 0 saturated carbocycles. The molecule has 3 aliphatic rings. The van der Waals surface area contributed by atoms with E-state index in [1.54, 1.807) is 12.1 Å². The molecule has 1 aromatic carbocycles. The van der Waals surface area contributed by atoms with Gasteiger partial charge in [0.05, 0.1) is 41.2 Å². The van der Waals surface area contributed by atoms with Gasteiger partial charge in [-0.25, -0.2) is 14.8 Å². The molecule has 2 bridgehead atoms. The van der Waals surface area contributed by atoms with E-state index in [-0.39, 0.29) is 40.3 Å². The van der Waals surface area contributed by atoms with Crippen molar-refractivity contribution in [3.05, 3.63) is 53.2 Å². The largest absolute Gasteiger partial charge is 0.458 e. The van der Waals surface area contributed by atoms with Gasteiger partial charge in [-0.1, -0.05) is 23.7 Å². The van der Waals surface area contributed by atoms with E-state index in [2.05, 4.69) is 25.2 Å². The van der Waals surface area contributed by atoms with E-state index in [1.165, 1.54) is 23.2 Å². The lowest BCUT2D eigenvalue weighted by atomic mass is 10.1. The summed E-state index contributed by atoms with van der Waals surface area (Å²) < 4.78 is 51.1. The lowest BCUT2D eigenvalue weighted by Crippen LogP contribution is -2.48. The number of rotatable bonds is 4. The number of benzene rings is 1. The van der Waals surface area contributed by atoms with E-state index in [4.69, 9.17) is 21.1 Å². The van der Waals surface area contributed by atoms with Gasteiger partial charge in [0.15, 0.2) is 5.82 Å². The highest BCUT2D eigenvalue weighted by Crippen LogP contribution is 2.43. The average Bonchev–Trinajstić information content (AvgIpc) is 3.55. The Kier molecular flexibility index (Phi) is 6.23. The average molecular weight is 547 g/mol. The number of nitrogens with one attached hydrogen (secondary N) is 1. The number of aromatic nitrogens is 3. The molecule has 5 heterocycles. The molecular formula is C25H22ClF3N6O3. The van der Waals surface area contributed by atoms with E-state index in [0.717, 1.165) is 18.6 Å². The quantitative estimate of drug-likeness (QED) is 0.492. The van der Waals surface area contributed by atoms with Gasteiger partial charge in [-0.15, -0.1) is 0 Å². The van der Waals surface area contributed by atoms with E-state index in [1.807, 2.05) is 0 Å². The maximum Gasteiger partial charge on any atom is 0.416 e. The maximum absolute atomic E-state index is 13.5. The Morgan fingerprint density at radius 2 is 2.05 bits per heavy atom. The third kappa shape index (κ3) is 4.69. The first-order valence-electron chi connectivity index (χ1n) is 12.1. The van der Waals surface area contributed by atoms with Crippen molar-refractivity contribution in [2.24, 2.45) is 0 Å². The van der Waals surface area contributed by atoms with Gasteiger partial charge in [0, 0.05) is 31.3 Å². The molecule has 38 heavy (non-hydrogen) atoms. The number of urea groups is 1. The van der Waals surface area contributed by atoms with Gasteiger partial charge in [-0.3, -0.25) is 10.2 Å². The fourth-order valence-electron chi connectivity index (χ4n) is 4.92. The number of halogens is 4. The number of alkyl halides is 3. The summed E-state index contributed by atoms with van der Waals surface area (Å²) in [6, 6.07) is 7.47. The minimum absolute atomic E-state index is 0.126. The third-order valence-electron chi connectivity index (χ3n) is 6.74. The molecule has 2 amide bonds. The number of hydrogen-bond acceptors (Lipinski definition) is 7. The van der Waals surface area contributed by atoms with Crippen molar-refractivity contribution in [3.8, 4) is 17.3 Å². The van der Waals surface area contributed by atoms with Gasteiger partial charge in [0.1, 0.15) is 11.9 Å². The Morgan fingerprint density at radius 3 is 2.84 bits per heavy atom. The molecule has 0 spiro atoms. The second-order valence-electron chi connectivity index (χ2n) is 9.26. The molecule has 0 aliphatic carbocycles. The van der Waals surface area contributed by atoms with Gasteiger partial charge in [-0.05, 0) is 30.7 Å². The highest BCUT2D eigenvalue weighted by molar-refractivity contribution is 6.33. The summed E-state index contributed by atoms with van der Waals surface area (Å²) in [6.45, 7) is 2.33. The number of hydrogen-bond donors (Lipinski definition) is 1. The van der Waals surface area contributed by atoms with Crippen LogP contribution in [0.2, 0.25) is 5.02 Å². The summed E-state index contributed by atoms with van der Waals surface area (Å²) in [4.78, 5) is 30.2. The monoisotopic (exact) mass is 546 g/mol. The Balaban J connectivity index is 1.32. The summed E-state index contributed by atoms with van der Waals surface area (Å²) in [7, 11) is 0. The molecule has 13 heteroatoms. The van der Waals surface area contributed by atoms with Gasteiger partial charge in [0.25, 0.3) is 0 Å². The molecule has 1 N–H and O–H groups in total. The molecule has 6 rings (SSSR count). The molecule has 0 unspecified atom stereocenters. The van der Waals surface area contributed by atoms with Crippen LogP contribution < -0.4 is 19.9 Å². The lowest BCUT2D eigenvalue weighted by molar-refractivity contribution is -0.137. The van der Waals surface area contributed by atoms with E-state index in [9.17, 15) is 18.0 Å². The highest BCUT2D eigenvalue weighted by atomic mass is 35.5. The maximum atomic E-state index is 13.5. The van der Waals surface area contributed by atoms with Crippen LogP contribution in [-0.2, 0) is 10.9 Å². The van der Waals surface area contributed by atoms with Crippen LogP contribution in [0.25, 0.3) is 11.3 Å². The lowest BCUT2D eigenvalue weighted by Gasteiger charge is -2.36. The van der Waals surface area contributed by atoms with Crippen LogP contribution in [0.5, 0.6) is 6.01 Å². The van der Waals surface area contributed by atoms with Crippen molar-refractivity contribution >= 4 is 35.0 Å². The SMILES string of the molecule is O=C(Nc1ccnc(O[C@@H]2CCOC2)n1)N1c2nc(-c3cccc(C(F)(F)F)c3)c(Cl)cc2N2CC[C@H]1C2. The number of pyridine rings is 1. The van der Waals surface area contributed by atoms with Crippen molar-refractivity contribution in [3.63, 3.8) is 0 Å². The highest BCUT2D eigenvalue weighted by Gasteiger charge is 2.41. The van der Waals surface area contributed by atoms with Crippen LogP contribution in [0.1, 0.15) is 18.4 Å². The van der Waals surface area contributed by atoms with Crippen LogP contribution in [0.15, 0.2) is 42.6 Å². The molecule has 2 atom stereocenters. The number of fused-ring (bicyclic) bond motifs is 4. The number of nitrogens with zero attached hydrogens (tertiary/aromatic N) is 5. The molecule has 198 valence electrons. The first-order chi connectivity index (χ1) is 18.3. The third-order valence-corrected chi connectivity index (χ3v) is 7.03. The number of amides is 2. The van der Waals surface area contributed by atoms with Gasteiger partial charge in [0.2, 0.25) is 0 Å². The zero-order valence-electron chi connectivity index (χ0n) is 19.9. The summed E-state index contributed by atoms with van der Waals surface area (Å²) in [5.41, 5.74) is 0.195. The van der Waals surface area contributed by atoms with Crippen LogP contribution in [0.3, 0.4) is 0 Å². The van der Waals surface area contributed by atoms with Crippen molar-refractivity contribution in [2.75, 3.05) is 41.4 Å². The van der Waals surface area contributed by atoms with Crippen LogP contribution in [0.4, 0.5) is 35.3 Å². The normalized spacial score (nSPS) is 20.4. The van der Waals surface area contributed by atoms with Gasteiger partial charge < -0.3 is 14.4 Å². The van der Waals surface area contributed by atoms with E-state index >= 15 is 0 Å². The predicted octanol–water partition coefficient (Wildman–Crippen LogP) is 5.01. The molecule has 2 saturated heterocycles. The van der Waals surface area contributed by atoms with Crippen molar-refractivity contribution < 1.29 is 27.4 Å². The molecule has 9 nitrogen and oxygen atoms in total. The molecule has 3 aliphatic heterocycles. The van der Waals surface area contributed by atoms with Crippen molar-refractivity contribution in [1.29, 1.82) is 0 Å². The topological polar surface area (TPSA) is 92.7 Å². The minimum Gasteiger partial charge on any atom is -0.458 e. The first kappa shape index (κ1) is 24.7. The molecule has 0 radical (unpaired) electrons. The summed E-state index contributed by atoms with van der Waals surface area (Å²) in [6.07, 6.45) is -1.76. The Bertz CT molecular complexity index is 1380. The van der Waals surface area contributed by atoms with E-state index < -0.39 is 17.8 Å². The van der Waals surface area contributed by atoms with Crippen LogP contribution in [-0.4, -0.2) is 59.4 Å². The number of anilines is 3. The predicted molar refractivity (Wildman–Crippen MR) is 134 cm³/mol. The van der Waals surface area contributed by atoms with Crippen LogP contribution in [0, 0.1) is 0 Å². The Morgan fingerprint density at radius 1 is 1.18 bits per heavy atom. The second kappa shape index (κ2) is 9.59. The standard InChI is InChI=1S/C25H22ClF3N6O3/c26-18-11-19-22(33-21(18)14-2-1-3-15(10-14)25(27,28)29)35(16-5-8-34(19)12-16)24(36)32-20-4-7-30-23(31-20)38-17-6-9-37-13-17/h1-4,7,10-11,16-17H,5-6,8-9,12-13H2,(H,30,31,32,36)/t16-,17+/m0/s1. The zero-order valence-corrected chi connectivity index (χ0v) is 20.7. The second-order valence-corrected chi connectivity index (χ2v) is 9.66. The first-order valence-corrected chi connectivity index (χ1v) is 12.4. The Hall–Kier alpha value is -3.64. The van der Waals surface area contributed by atoms with Crippen molar-refractivity contribution in [2.45, 2.75) is 31.2 Å². The van der Waals surface area contributed by atoms with Gasteiger partial charge >= 0.3 is 18.2 Å². The molecule has 2 fully saturated rings. The van der Waals surface area contributed by atoms with Crippen LogP contribution >= 0.6 is 11.6 Å². The van der Waals surface area contributed by atoms with Crippen molar-refractivity contribution in [1.82, 2.24) is 15.0 Å². The molecule has 2 aromatic heterocycles. The van der Waals surface area contributed by atoms with E-state index in [0.29, 0.717) is 44.2 Å². The number of ether oxygens (including phenoxy) is 2. The molecular weight excluding hydrogens is 525 g/mol. The fourth-order valence-corrected chi connectivity index (χ4v) is 5.18. The van der Waals surface area contributed by atoms with Gasteiger partial charge in [-0.2, -0.15) is 18.2 Å². The summed E-state index contributed by atoms with van der Waals surface area (Å²) in [5, 5.41) is 2.98. The smallest absolute Gasteiger partial charge is 0.416 e.